The lowest BCUT2D eigenvalue weighted by Crippen LogP contribution is -2.13. The first-order valence-corrected chi connectivity index (χ1v) is 6.19. The predicted molar refractivity (Wildman–Crippen MR) is 60.1 cm³/mol. The molecule has 0 unspecified atom stereocenters. The summed E-state index contributed by atoms with van der Waals surface area (Å²) in [5.74, 6) is -0.0855. The number of nitrogens with two attached hydrogens (primary N) is 1. The Balaban J connectivity index is 3.20. The molecular formula is C10H13NO5S. The SMILES string of the molecule is COC(=O)Cc1cc(S(N)(=O)=O)ccc1OC. The smallest absolute Gasteiger partial charge is 0.310 e. The van der Waals surface area contributed by atoms with Crippen molar-refractivity contribution in [3.8, 4) is 5.75 Å². The second-order valence-corrected chi connectivity index (χ2v) is 4.83. The van der Waals surface area contributed by atoms with Crippen molar-refractivity contribution in [2.45, 2.75) is 11.3 Å². The van der Waals surface area contributed by atoms with Gasteiger partial charge in [0.15, 0.2) is 0 Å². The van der Waals surface area contributed by atoms with Gasteiger partial charge in [-0.2, -0.15) is 0 Å². The zero-order chi connectivity index (χ0) is 13.1. The summed E-state index contributed by atoms with van der Waals surface area (Å²) in [7, 11) is -1.13. The third-order valence-electron chi connectivity index (χ3n) is 2.14. The molecule has 2 N–H and O–H groups in total. The summed E-state index contributed by atoms with van der Waals surface area (Å²) in [6, 6.07) is 4.05. The third-order valence-corrected chi connectivity index (χ3v) is 3.05. The van der Waals surface area contributed by atoms with E-state index < -0.39 is 16.0 Å². The molecule has 0 amide bonds. The van der Waals surface area contributed by atoms with Crippen LogP contribution in [-0.2, 0) is 26.0 Å². The molecule has 0 aliphatic rings. The maximum Gasteiger partial charge on any atom is 0.310 e. The molecule has 94 valence electrons. The molecule has 1 aromatic carbocycles. The lowest BCUT2D eigenvalue weighted by molar-refractivity contribution is -0.139. The zero-order valence-corrected chi connectivity index (χ0v) is 10.3. The highest BCUT2D eigenvalue weighted by molar-refractivity contribution is 7.89. The molecule has 0 aromatic heterocycles. The van der Waals surface area contributed by atoms with Gasteiger partial charge in [0.05, 0.1) is 25.5 Å². The number of hydrogen-bond donors (Lipinski definition) is 1. The Morgan fingerprint density at radius 1 is 1.35 bits per heavy atom. The van der Waals surface area contributed by atoms with E-state index in [0.717, 1.165) is 0 Å². The first-order chi connectivity index (χ1) is 7.88. The summed E-state index contributed by atoms with van der Waals surface area (Å²) < 4.78 is 31.8. The lowest BCUT2D eigenvalue weighted by Gasteiger charge is -2.09. The van der Waals surface area contributed by atoms with Gasteiger partial charge in [-0.25, -0.2) is 13.6 Å². The summed E-state index contributed by atoms with van der Waals surface area (Å²) >= 11 is 0. The van der Waals surface area contributed by atoms with Crippen LogP contribution in [0.2, 0.25) is 0 Å². The topological polar surface area (TPSA) is 95.7 Å². The van der Waals surface area contributed by atoms with E-state index in [-0.39, 0.29) is 11.3 Å². The largest absolute Gasteiger partial charge is 0.496 e. The van der Waals surface area contributed by atoms with E-state index >= 15 is 0 Å². The Bertz CT molecular complexity index is 523. The molecule has 17 heavy (non-hydrogen) atoms. The van der Waals surface area contributed by atoms with Gasteiger partial charge in [-0.15, -0.1) is 0 Å². The van der Waals surface area contributed by atoms with Gasteiger partial charge in [-0.3, -0.25) is 4.79 Å². The molecule has 0 saturated heterocycles. The van der Waals surface area contributed by atoms with Crippen molar-refractivity contribution in [3.63, 3.8) is 0 Å². The molecule has 0 aliphatic heterocycles. The van der Waals surface area contributed by atoms with E-state index in [1.165, 1.54) is 32.4 Å². The highest BCUT2D eigenvalue weighted by Gasteiger charge is 2.14. The second-order valence-electron chi connectivity index (χ2n) is 3.27. The van der Waals surface area contributed by atoms with Gasteiger partial charge in [0.2, 0.25) is 10.0 Å². The van der Waals surface area contributed by atoms with Crippen molar-refractivity contribution in [1.29, 1.82) is 0 Å². The van der Waals surface area contributed by atoms with Crippen LogP contribution >= 0.6 is 0 Å². The Morgan fingerprint density at radius 2 is 2.00 bits per heavy atom. The first-order valence-electron chi connectivity index (χ1n) is 4.65. The molecule has 1 rings (SSSR count). The number of benzene rings is 1. The van der Waals surface area contributed by atoms with Crippen LogP contribution < -0.4 is 9.88 Å². The molecule has 0 bridgehead atoms. The molecule has 0 fully saturated rings. The minimum absolute atomic E-state index is 0.0720. The van der Waals surface area contributed by atoms with Crippen molar-refractivity contribution in [2.75, 3.05) is 14.2 Å². The molecular weight excluding hydrogens is 246 g/mol. The lowest BCUT2D eigenvalue weighted by atomic mass is 10.1. The van der Waals surface area contributed by atoms with E-state index in [0.29, 0.717) is 11.3 Å². The summed E-state index contributed by atoms with van der Waals surface area (Å²) in [4.78, 5) is 11.1. The molecule has 1 aromatic rings. The molecule has 0 saturated carbocycles. The molecule has 0 heterocycles. The van der Waals surface area contributed by atoms with Crippen molar-refractivity contribution in [3.05, 3.63) is 23.8 Å². The van der Waals surface area contributed by atoms with Crippen LogP contribution in [0.5, 0.6) is 5.75 Å². The van der Waals surface area contributed by atoms with Crippen LogP contribution in [-0.4, -0.2) is 28.6 Å². The fourth-order valence-electron chi connectivity index (χ4n) is 1.30. The zero-order valence-electron chi connectivity index (χ0n) is 9.47. The molecule has 6 nitrogen and oxygen atoms in total. The van der Waals surface area contributed by atoms with E-state index in [9.17, 15) is 13.2 Å². The van der Waals surface area contributed by atoms with Crippen LogP contribution in [0, 0.1) is 0 Å². The summed E-state index contributed by atoms with van der Waals surface area (Å²) in [5, 5.41) is 5.00. The number of sulfonamides is 1. The normalized spacial score (nSPS) is 11.0. The summed E-state index contributed by atoms with van der Waals surface area (Å²) in [6.07, 6.45) is -0.0803. The van der Waals surface area contributed by atoms with Gasteiger partial charge in [0, 0.05) is 5.56 Å². The maximum absolute atomic E-state index is 11.2. The Hall–Kier alpha value is -1.60. The van der Waals surface area contributed by atoms with E-state index in [1.54, 1.807) is 0 Å². The van der Waals surface area contributed by atoms with Gasteiger partial charge in [0.1, 0.15) is 5.75 Å². The fraction of sp³-hybridized carbons (Fsp3) is 0.300. The predicted octanol–water partition coefficient (Wildman–Crippen LogP) is 0.0581. The van der Waals surface area contributed by atoms with Crippen LogP contribution in [0.15, 0.2) is 23.1 Å². The number of carbonyl (C=O) groups excluding carboxylic acids is 1. The number of esters is 1. The Kier molecular flexibility index (Phi) is 4.08. The first kappa shape index (κ1) is 13.5. The maximum atomic E-state index is 11.2. The van der Waals surface area contributed by atoms with Gasteiger partial charge in [0.25, 0.3) is 0 Å². The van der Waals surface area contributed by atoms with Crippen LogP contribution in [0.4, 0.5) is 0 Å². The van der Waals surface area contributed by atoms with Crippen LogP contribution in [0.1, 0.15) is 5.56 Å². The minimum atomic E-state index is -3.80. The molecule has 0 atom stereocenters. The Morgan fingerprint density at radius 3 is 2.47 bits per heavy atom. The molecule has 0 radical (unpaired) electrons. The Labute approximate surface area is 99.4 Å². The average Bonchev–Trinajstić information content (AvgIpc) is 2.27. The van der Waals surface area contributed by atoms with Gasteiger partial charge >= 0.3 is 5.97 Å². The van der Waals surface area contributed by atoms with Crippen LogP contribution in [0.3, 0.4) is 0 Å². The van der Waals surface area contributed by atoms with Crippen LogP contribution in [0.25, 0.3) is 0 Å². The summed E-state index contributed by atoms with van der Waals surface area (Å²) in [5.41, 5.74) is 0.408. The standard InChI is InChI=1S/C10H13NO5S/c1-15-9-4-3-8(17(11,13)14)5-7(9)6-10(12)16-2/h3-5H,6H2,1-2H3,(H2,11,13,14). The molecule has 0 aliphatic carbocycles. The number of primary sulfonamides is 1. The van der Waals surface area contributed by atoms with Gasteiger partial charge in [-0.05, 0) is 18.2 Å². The number of rotatable bonds is 4. The van der Waals surface area contributed by atoms with Gasteiger partial charge in [-0.1, -0.05) is 0 Å². The second kappa shape index (κ2) is 5.15. The van der Waals surface area contributed by atoms with Gasteiger partial charge < -0.3 is 9.47 Å². The average molecular weight is 259 g/mol. The van der Waals surface area contributed by atoms with Crippen molar-refractivity contribution in [1.82, 2.24) is 0 Å². The van der Waals surface area contributed by atoms with Crippen molar-refractivity contribution >= 4 is 16.0 Å². The number of methoxy groups -OCH3 is 2. The summed E-state index contributed by atoms with van der Waals surface area (Å²) in [6.45, 7) is 0. The highest BCUT2D eigenvalue weighted by Crippen LogP contribution is 2.22. The van der Waals surface area contributed by atoms with Crippen molar-refractivity contribution in [2.24, 2.45) is 5.14 Å². The molecule has 0 spiro atoms. The minimum Gasteiger partial charge on any atom is -0.496 e. The van der Waals surface area contributed by atoms with E-state index in [4.69, 9.17) is 9.88 Å². The number of ether oxygens (including phenoxy) is 2. The fourth-order valence-corrected chi connectivity index (χ4v) is 1.86. The highest BCUT2D eigenvalue weighted by atomic mass is 32.2. The van der Waals surface area contributed by atoms with Crippen molar-refractivity contribution < 1.29 is 22.7 Å². The quantitative estimate of drug-likeness (QED) is 0.771. The number of hydrogen-bond acceptors (Lipinski definition) is 5. The molecule has 7 heteroatoms. The monoisotopic (exact) mass is 259 g/mol. The van der Waals surface area contributed by atoms with E-state index in [2.05, 4.69) is 4.74 Å². The third kappa shape index (κ3) is 3.43. The number of carbonyl (C=O) groups is 1. The van der Waals surface area contributed by atoms with E-state index in [1.807, 2.05) is 0 Å².